The number of nitrogens with zero attached hydrogens (tertiary/aromatic N) is 2. The molecule has 0 spiro atoms. The number of rotatable bonds is 10. The highest BCUT2D eigenvalue weighted by atomic mass is 35.5. The van der Waals surface area contributed by atoms with Gasteiger partial charge in [-0.1, -0.05) is 71.7 Å². The highest BCUT2D eigenvalue weighted by Crippen LogP contribution is 2.29. The van der Waals surface area contributed by atoms with Gasteiger partial charge in [-0.3, -0.25) is 19.1 Å². The summed E-state index contributed by atoms with van der Waals surface area (Å²) in [5.41, 5.74) is 3.80. The van der Waals surface area contributed by atoms with Crippen LogP contribution in [0, 0.1) is 0 Å². The molecule has 0 aliphatic heterocycles. The lowest BCUT2D eigenvalue weighted by atomic mass is 10.1. The zero-order chi connectivity index (χ0) is 27.9. The van der Waals surface area contributed by atoms with Crippen molar-refractivity contribution in [2.75, 3.05) is 6.54 Å². The first-order valence-corrected chi connectivity index (χ1v) is 12.9. The number of aliphatic carboxylic acids is 1. The Hall–Kier alpha value is -4.14. The van der Waals surface area contributed by atoms with Gasteiger partial charge in [0, 0.05) is 17.7 Å². The molecule has 0 aliphatic carbocycles. The maximum atomic E-state index is 13.4. The minimum Gasteiger partial charge on any atom is -0.481 e. The number of aromatic nitrogens is 2. The van der Waals surface area contributed by atoms with Gasteiger partial charge in [-0.2, -0.15) is 5.10 Å². The Morgan fingerprint density at radius 3 is 2.31 bits per heavy atom. The minimum atomic E-state index is -0.983. The monoisotopic (exact) mass is 564 g/mol. The van der Waals surface area contributed by atoms with Crippen molar-refractivity contribution in [3.05, 3.63) is 111 Å². The van der Waals surface area contributed by atoms with E-state index in [1.807, 2.05) is 37.3 Å². The first kappa shape index (κ1) is 27.9. The van der Waals surface area contributed by atoms with Crippen LogP contribution in [0.2, 0.25) is 10.0 Å². The number of benzene rings is 3. The molecule has 8 nitrogen and oxygen atoms in total. The number of halogens is 2. The number of nitrogens with one attached hydrogen (secondary N) is 2. The Bertz CT molecular complexity index is 1490. The average molecular weight is 565 g/mol. The molecule has 0 saturated heterocycles. The zero-order valence-electron chi connectivity index (χ0n) is 21.0. The van der Waals surface area contributed by atoms with Crippen LogP contribution in [0.25, 0.3) is 11.3 Å². The second-order valence-electron chi connectivity index (χ2n) is 8.90. The Kier molecular flexibility index (Phi) is 9.01. The summed E-state index contributed by atoms with van der Waals surface area (Å²) in [5, 5.41) is 19.8. The molecular formula is C29H26Cl2N4O4. The van der Waals surface area contributed by atoms with Crippen LogP contribution >= 0.6 is 23.2 Å². The van der Waals surface area contributed by atoms with Crippen molar-refractivity contribution in [3.8, 4) is 11.3 Å². The minimum absolute atomic E-state index is 0.0422. The lowest BCUT2D eigenvalue weighted by Crippen LogP contribution is -2.29. The third kappa shape index (κ3) is 7.25. The molecule has 0 bridgehead atoms. The molecule has 1 heterocycles. The standard InChI is InChI=1S/C29H26Cl2N4O4/c1-18(20-5-3-2-4-6-20)33-29(39)26-16-25(22-11-12-23(30)24(31)15-22)34-35(26)17-19-7-9-21(10-8-19)28(38)32-14-13-27(36)37/h2-12,15-16,18H,13-14,17H2,1H3,(H,32,38)(H,33,39)(H,36,37)/t18-/m0/s1. The number of carbonyl (C=O) groups excluding carboxylic acids is 2. The first-order chi connectivity index (χ1) is 18.7. The normalized spacial score (nSPS) is 11.6. The summed E-state index contributed by atoms with van der Waals surface area (Å²) in [7, 11) is 0. The van der Waals surface area contributed by atoms with E-state index in [1.54, 1.807) is 53.2 Å². The van der Waals surface area contributed by atoms with Gasteiger partial charge >= 0.3 is 5.97 Å². The summed E-state index contributed by atoms with van der Waals surface area (Å²) < 4.78 is 1.60. The Labute approximate surface area is 235 Å². The fourth-order valence-corrected chi connectivity index (χ4v) is 4.23. The number of hydrogen-bond acceptors (Lipinski definition) is 4. The SMILES string of the molecule is C[C@H](NC(=O)c1cc(-c2ccc(Cl)c(Cl)c2)nn1Cc1ccc(C(=O)NCCC(=O)O)cc1)c1ccccc1. The highest BCUT2D eigenvalue weighted by Gasteiger charge is 2.20. The maximum Gasteiger partial charge on any atom is 0.305 e. The molecule has 39 heavy (non-hydrogen) atoms. The van der Waals surface area contributed by atoms with E-state index in [0.29, 0.717) is 32.6 Å². The number of carbonyl (C=O) groups is 3. The molecule has 1 atom stereocenters. The molecule has 4 aromatic rings. The summed E-state index contributed by atoms with van der Waals surface area (Å²) in [4.78, 5) is 36.3. The fourth-order valence-electron chi connectivity index (χ4n) is 3.93. The van der Waals surface area contributed by atoms with Crippen LogP contribution in [-0.4, -0.2) is 39.2 Å². The fraction of sp³-hybridized carbons (Fsp3) is 0.172. The van der Waals surface area contributed by atoms with Gasteiger partial charge in [0.15, 0.2) is 0 Å². The van der Waals surface area contributed by atoms with Crippen molar-refractivity contribution < 1.29 is 19.5 Å². The largest absolute Gasteiger partial charge is 0.481 e. The molecule has 0 saturated carbocycles. The Balaban J connectivity index is 1.58. The molecular weight excluding hydrogens is 539 g/mol. The molecule has 0 unspecified atom stereocenters. The number of carboxylic acid groups (broad SMARTS) is 1. The smallest absolute Gasteiger partial charge is 0.305 e. The first-order valence-electron chi connectivity index (χ1n) is 12.2. The summed E-state index contributed by atoms with van der Waals surface area (Å²) >= 11 is 12.3. The van der Waals surface area contributed by atoms with Crippen LogP contribution in [0.3, 0.4) is 0 Å². The molecule has 0 radical (unpaired) electrons. The van der Waals surface area contributed by atoms with Crippen molar-refractivity contribution >= 4 is 41.0 Å². The van der Waals surface area contributed by atoms with E-state index in [0.717, 1.165) is 11.1 Å². The molecule has 0 aliphatic rings. The van der Waals surface area contributed by atoms with Gasteiger partial charge in [0.1, 0.15) is 5.69 Å². The van der Waals surface area contributed by atoms with Crippen LogP contribution in [0.5, 0.6) is 0 Å². The van der Waals surface area contributed by atoms with Gasteiger partial charge in [-0.25, -0.2) is 0 Å². The second kappa shape index (κ2) is 12.6. The van der Waals surface area contributed by atoms with E-state index >= 15 is 0 Å². The summed E-state index contributed by atoms with van der Waals surface area (Å²) in [6.45, 7) is 2.22. The number of hydrogen-bond donors (Lipinski definition) is 3. The number of carboxylic acids is 1. The molecule has 200 valence electrons. The van der Waals surface area contributed by atoms with Gasteiger partial charge in [0.25, 0.3) is 11.8 Å². The van der Waals surface area contributed by atoms with Crippen LogP contribution in [-0.2, 0) is 11.3 Å². The van der Waals surface area contributed by atoms with Gasteiger partial charge < -0.3 is 15.7 Å². The predicted molar refractivity (Wildman–Crippen MR) is 150 cm³/mol. The van der Waals surface area contributed by atoms with E-state index < -0.39 is 5.97 Å². The molecule has 3 N–H and O–H groups in total. The zero-order valence-corrected chi connectivity index (χ0v) is 22.5. The number of amides is 2. The van der Waals surface area contributed by atoms with Crippen LogP contribution in [0.1, 0.15) is 51.4 Å². The maximum absolute atomic E-state index is 13.4. The van der Waals surface area contributed by atoms with Gasteiger partial charge in [-0.15, -0.1) is 0 Å². The lowest BCUT2D eigenvalue weighted by Gasteiger charge is -2.15. The van der Waals surface area contributed by atoms with Gasteiger partial charge in [-0.05, 0) is 48.4 Å². The Morgan fingerprint density at radius 2 is 1.64 bits per heavy atom. The van der Waals surface area contributed by atoms with E-state index in [2.05, 4.69) is 15.7 Å². The van der Waals surface area contributed by atoms with E-state index in [9.17, 15) is 14.4 Å². The molecule has 0 fully saturated rings. The summed E-state index contributed by atoms with van der Waals surface area (Å²) in [6, 6.07) is 23.1. The van der Waals surface area contributed by atoms with Gasteiger partial charge in [0.05, 0.1) is 34.7 Å². The van der Waals surface area contributed by atoms with E-state index in [-0.39, 0.29) is 37.4 Å². The third-order valence-electron chi connectivity index (χ3n) is 6.05. The lowest BCUT2D eigenvalue weighted by molar-refractivity contribution is -0.136. The van der Waals surface area contributed by atoms with Crippen molar-refractivity contribution in [1.82, 2.24) is 20.4 Å². The molecule has 4 rings (SSSR count). The Morgan fingerprint density at radius 1 is 0.923 bits per heavy atom. The van der Waals surface area contributed by atoms with Crippen LogP contribution in [0.4, 0.5) is 0 Å². The van der Waals surface area contributed by atoms with Crippen LogP contribution in [0.15, 0.2) is 78.9 Å². The summed E-state index contributed by atoms with van der Waals surface area (Å²) in [6.07, 6.45) is -0.155. The predicted octanol–water partition coefficient (Wildman–Crippen LogP) is 5.60. The van der Waals surface area contributed by atoms with Crippen molar-refractivity contribution in [2.45, 2.75) is 25.9 Å². The molecule has 1 aromatic heterocycles. The van der Waals surface area contributed by atoms with E-state index in [1.165, 1.54) is 0 Å². The third-order valence-corrected chi connectivity index (χ3v) is 6.79. The van der Waals surface area contributed by atoms with Crippen LogP contribution < -0.4 is 10.6 Å². The summed E-state index contributed by atoms with van der Waals surface area (Å²) in [5.74, 6) is -1.64. The van der Waals surface area contributed by atoms with E-state index in [4.69, 9.17) is 28.3 Å². The van der Waals surface area contributed by atoms with Crippen molar-refractivity contribution in [2.24, 2.45) is 0 Å². The topological polar surface area (TPSA) is 113 Å². The molecule has 2 amide bonds. The average Bonchev–Trinajstić information content (AvgIpc) is 3.34. The van der Waals surface area contributed by atoms with Gasteiger partial charge in [0.2, 0.25) is 0 Å². The van der Waals surface area contributed by atoms with Crippen molar-refractivity contribution in [3.63, 3.8) is 0 Å². The molecule has 10 heteroatoms. The highest BCUT2D eigenvalue weighted by molar-refractivity contribution is 6.42. The quantitative estimate of drug-likeness (QED) is 0.232. The molecule has 3 aromatic carbocycles. The van der Waals surface area contributed by atoms with Crippen molar-refractivity contribution in [1.29, 1.82) is 0 Å². The second-order valence-corrected chi connectivity index (χ2v) is 9.72.